The molecule has 0 fully saturated rings. The summed E-state index contributed by atoms with van der Waals surface area (Å²) in [5.41, 5.74) is 0. The third kappa shape index (κ3) is 71.6. The first-order chi connectivity index (χ1) is 45.9. The van der Waals surface area contributed by atoms with Gasteiger partial charge in [0.1, 0.15) is 0 Å². The molecule has 0 heterocycles. The molecule has 0 radical (unpaired) electrons. The van der Waals surface area contributed by atoms with Crippen molar-refractivity contribution < 1.29 is 60.9 Å². The maximum atomic E-state index is 13.0. The van der Waals surface area contributed by atoms with Crippen LogP contribution in [0.2, 0.25) is 0 Å². The minimum Gasteiger partial charge on any atom is -0.379 e. The highest BCUT2D eigenvalue weighted by atomic mass is 31.2. The Bertz CT molecular complexity index is 1610. The first-order valence-corrected chi connectivity index (χ1v) is 42.9. The topological polar surface area (TPSA) is 229 Å². The lowest BCUT2D eigenvalue weighted by atomic mass is 10.0. The van der Waals surface area contributed by atoms with E-state index in [1.54, 1.807) is 0 Å². The molecule has 17 nitrogen and oxygen atoms in total. The zero-order chi connectivity index (χ0) is 68.6. The number of rotatable bonds is 78. The molecule has 0 rings (SSSR count). The molecule has 19 heteroatoms. The van der Waals surface area contributed by atoms with Crippen LogP contribution in [-0.2, 0) is 46.3 Å². The third-order valence-electron chi connectivity index (χ3n) is 17.8. The minimum absolute atomic E-state index is 0.124. The molecule has 94 heavy (non-hydrogen) atoms. The molecule has 0 saturated heterocycles. The molecule has 0 aromatic heterocycles. The maximum Gasteiger partial charge on any atom is 0.472 e. The molecule has 0 aromatic rings. The summed E-state index contributed by atoms with van der Waals surface area (Å²) in [6.45, 7) is 8.65. The van der Waals surface area contributed by atoms with E-state index in [1.165, 1.54) is 270 Å². The standard InChI is InChI=1S/C75H152N4O13P2/c1-5-9-13-17-21-25-29-31-33-35-37-41-45-49-53-57-63-87-67-71(78-73(80)59-55-51-47-43-39-27-23-19-15-11-7-3)69-91-93(83,84)89-65-61-76-75(82)77-62-66-90-94(85,86)92-70-72(79-74(81)60-56-52-48-44-40-28-24-20-16-12-8-4)68-88-64-58-54-50-46-42-38-36-34-32-30-26-22-18-14-10-6-2/h71-72H,5-70H2,1-4H3,(H,78,80)(H,79,81)(H,83,84)(H,85,86)(H2,76,77,82)/t71-,72-/m0/s1. The van der Waals surface area contributed by atoms with Crippen LogP contribution in [0.25, 0.3) is 0 Å². The van der Waals surface area contributed by atoms with E-state index in [-0.39, 0.29) is 64.5 Å². The summed E-state index contributed by atoms with van der Waals surface area (Å²) >= 11 is 0. The van der Waals surface area contributed by atoms with Crippen LogP contribution in [0, 0.1) is 0 Å². The number of hydrogen-bond donors (Lipinski definition) is 6. The maximum absolute atomic E-state index is 13.0. The van der Waals surface area contributed by atoms with Crippen molar-refractivity contribution in [2.45, 2.75) is 399 Å². The van der Waals surface area contributed by atoms with Crippen molar-refractivity contribution in [1.29, 1.82) is 0 Å². The molecule has 0 saturated carbocycles. The van der Waals surface area contributed by atoms with Crippen LogP contribution in [0.5, 0.6) is 0 Å². The number of amides is 4. The Hall–Kier alpha value is -1.65. The van der Waals surface area contributed by atoms with E-state index in [2.05, 4.69) is 49.0 Å². The average Bonchev–Trinajstić information content (AvgIpc) is 3.75. The number of hydrogen-bond acceptors (Lipinski definition) is 11. The highest BCUT2D eigenvalue weighted by Gasteiger charge is 2.26. The molecule has 560 valence electrons. The Labute approximate surface area is 578 Å². The summed E-state index contributed by atoms with van der Waals surface area (Å²) in [4.78, 5) is 59.7. The Morgan fingerprint density at radius 1 is 0.287 bits per heavy atom. The van der Waals surface area contributed by atoms with Gasteiger partial charge in [0.2, 0.25) is 11.8 Å². The van der Waals surface area contributed by atoms with Gasteiger partial charge in [0.05, 0.1) is 51.7 Å². The number of nitrogens with one attached hydrogen (secondary N) is 4. The van der Waals surface area contributed by atoms with Crippen LogP contribution in [0.1, 0.15) is 387 Å². The van der Waals surface area contributed by atoms with Crippen LogP contribution < -0.4 is 21.3 Å². The van der Waals surface area contributed by atoms with Gasteiger partial charge in [-0.15, -0.1) is 0 Å². The van der Waals surface area contributed by atoms with Crippen molar-refractivity contribution in [3.8, 4) is 0 Å². The van der Waals surface area contributed by atoms with Crippen molar-refractivity contribution in [3.63, 3.8) is 0 Å². The predicted molar refractivity (Wildman–Crippen MR) is 392 cm³/mol. The molecule has 0 aliphatic heterocycles. The quantitative estimate of drug-likeness (QED) is 0.0246. The number of carbonyl (C=O) groups excluding carboxylic acids is 3. The van der Waals surface area contributed by atoms with E-state index in [0.717, 1.165) is 77.0 Å². The number of urea groups is 1. The van der Waals surface area contributed by atoms with Crippen LogP contribution in [0.15, 0.2) is 0 Å². The minimum atomic E-state index is -4.58. The molecule has 0 aliphatic rings. The molecule has 0 aromatic carbocycles. The lowest BCUT2D eigenvalue weighted by molar-refractivity contribution is -0.123. The van der Waals surface area contributed by atoms with Crippen molar-refractivity contribution in [2.24, 2.45) is 0 Å². The average molecular weight is 1380 g/mol. The van der Waals surface area contributed by atoms with Crippen molar-refractivity contribution in [3.05, 3.63) is 0 Å². The fourth-order valence-corrected chi connectivity index (χ4v) is 13.4. The van der Waals surface area contributed by atoms with Crippen molar-refractivity contribution >= 4 is 33.5 Å². The number of ether oxygens (including phenoxy) is 2. The van der Waals surface area contributed by atoms with Gasteiger partial charge in [-0.1, -0.05) is 349 Å². The second-order valence-corrected chi connectivity index (χ2v) is 30.1. The second-order valence-electron chi connectivity index (χ2n) is 27.2. The molecule has 0 aliphatic carbocycles. The SMILES string of the molecule is CCCCCCCCCCCCCCCCCCOC[C@@H](COP(=O)(O)OCCNC(=O)NCCOP(=O)(O)OC[C@H](COCCCCCCCCCCCCCCCCCC)NC(=O)CCCCCCCCCCCCC)NC(=O)CCCCCCCCCCCCC. The van der Waals surface area contributed by atoms with Gasteiger partial charge in [-0.3, -0.25) is 27.7 Å². The van der Waals surface area contributed by atoms with Crippen molar-refractivity contribution in [1.82, 2.24) is 21.3 Å². The van der Waals surface area contributed by atoms with Crippen LogP contribution in [0.3, 0.4) is 0 Å². The van der Waals surface area contributed by atoms with Gasteiger partial charge in [-0.05, 0) is 25.7 Å². The van der Waals surface area contributed by atoms with E-state index in [1.807, 2.05) is 0 Å². The van der Waals surface area contributed by atoms with Crippen LogP contribution in [0.4, 0.5) is 4.79 Å². The summed E-state index contributed by atoms with van der Waals surface area (Å²) in [5, 5.41) is 10.9. The highest BCUT2D eigenvalue weighted by Crippen LogP contribution is 2.44. The molecule has 0 bridgehead atoms. The molecule has 6 N–H and O–H groups in total. The molecule has 0 spiro atoms. The third-order valence-corrected chi connectivity index (χ3v) is 19.8. The highest BCUT2D eigenvalue weighted by molar-refractivity contribution is 7.47. The van der Waals surface area contributed by atoms with Crippen LogP contribution in [-0.4, -0.2) is 106 Å². The molecule has 4 atom stereocenters. The summed E-state index contributed by atoms with van der Waals surface area (Å²) in [6.07, 6.45) is 67.7. The van der Waals surface area contributed by atoms with Gasteiger partial charge in [0.25, 0.3) is 0 Å². The summed E-state index contributed by atoms with van der Waals surface area (Å²) in [7, 11) is -9.17. The summed E-state index contributed by atoms with van der Waals surface area (Å²) < 4.78 is 58.8. The van der Waals surface area contributed by atoms with Gasteiger partial charge >= 0.3 is 21.7 Å². The van der Waals surface area contributed by atoms with Gasteiger partial charge in [-0.25, -0.2) is 13.9 Å². The van der Waals surface area contributed by atoms with E-state index in [9.17, 15) is 33.3 Å². The smallest absolute Gasteiger partial charge is 0.379 e. The fourth-order valence-electron chi connectivity index (χ4n) is 11.9. The number of unbranched alkanes of at least 4 members (excludes halogenated alkanes) is 50. The molecule has 2 unspecified atom stereocenters. The van der Waals surface area contributed by atoms with E-state index < -0.39 is 33.8 Å². The zero-order valence-corrected chi connectivity index (χ0v) is 63.4. The lowest BCUT2D eigenvalue weighted by Crippen LogP contribution is -2.41. The number of phosphoric ester groups is 2. The van der Waals surface area contributed by atoms with Gasteiger partial charge in [-0.2, -0.15) is 0 Å². The Kier molecular flexibility index (Phi) is 71.3. The first kappa shape index (κ1) is 92.4. The number of phosphoric acid groups is 2. The largest absolute Gasteiger partial charge is 0.472 e. The first-order valence-electron chi connectivity index (χ1n) is 39.9. The summed E-state index contributed by atoms with van der Waals surface area (Å²) in [6, 6.07) is -1.99. The van der Waals surface area contributed by atoms with Crippen molar-refractivity contribution in [2.75, 3.05) is 65.9 Å². The summed E-state index contributed by atoms with van der Waals surface area (Å²) in [5.74, 6) is -0.316. The van der Waals surface area contributed by atoms with E-state index in [4.69, 9.17) is 27.6 Å². The van der Waals surface area contributed by atoms with Gasteiger partial charge in [0, 0.05) is 39.1 Å². The lowest BCUT2D eigenvalue weighted by Gasteiger charge is -2.21. The Morgan fingerprint density at radius 3 is 0.734 bits per heavy atom. The van der Waals surface area contributed by atoms with Gasteiger partial charge < -0.3 is 40.5 Å². The zero-order valence-electron chi connectivity index (χ0n) is 61.6. The van der Waals surface area contributed by atoms with Gasteiger partial charge in [0.15, 0.2) is 0 Å². The molecule has 4 amide bonds. The number of carbonyl (C=O) groups is 3. The Morgan fingerprint density at radius 2 is 0.500 bits per heavy atom. The fraction of sp³-hybridized carbons (Fsp3) is 0.960. The Balaban J connectivity index is 4.87. The normalized spacial score (nSPS) is 13.6. The van der Waals surface area contributed by atoms with E-state index in [0.29, 0.717) is 26.1 Å². The molecular formula is C75H152N4O13P2. The van der Waals surface area contributed by atoms with Crippen LogP contribution >= 0.6 is 15.6 Å². The monoisotopic (exact) mass is 1380 g/mol. The molecular weight excluding hydrogens is 1230 g/mol. The second kappa shape index (κ2) is 72.6. The predicted octanol–water partition coefficient (Wildman–Crippen LogP) is 21.5. The van der Waals surface area contributed by atoms with E-state index >= 15 is 0 Å².